The van der Waals surface area contributed by atoms with Gasteiger partial charge in [0.05, 0.1) is 24.0 Å². The molecule has 0 radical (unpaired) electrons. The minimum absolute atomic E-state index is 0.0284. The zero-order chi connectivity index (χ0) is 22.2. The Hall–Kier alpha value is -3.57. The average Bonchev–Trinajstić information content (AvgIpc) is 2.76. The van der Waals surface area contributed by atoms with E-state index in [1.54, 1.807) is 19.2 Å². The molecule has 2 aromatic rings. The van der Waals surface area contributed by atoms with Crippen molar-refractivity contribution in [2.75, 3.05) is 23.2 Å². The number of carbonyl (C=O) groups is 1. The summed E-state index contributed by atoms with van der Waals surface area (Å²) in [6, 6.07) is 6.96. The van der Waals surface area contributed by atoms with Crippen molar-refractivity contribution in [3.8, 4) is 0 Å². The van der Waals surface area contributed by atoms with E-state index >= 15 is 0 Å². The fourth-order valence-electron chi connectivity index (χ4n) is 3.47. The Morgan fingerprint density at radius 2 is 2.16 bits per heavy atom. The van der Waals surface area contributed by atoms with Gasteiger partial charge in [0.1, 0.15) is 11.4 Å². The minimum Gasteiger partial charge on any atom is -0.380 e. The topological polar surface area (TPSA) is 176 Å². The Bertz CT molecular complexity index is 950. The maximum Gasteiger partial charge on any atom is 0.254 e. The minimum atomic E-state index is -0.646. The Kier molecular flexibility index (Phi) is 7.46. The quantitative estimate of drug-likeness (QED) is 0.259. The predicted molar refractivity (Wildman–Crippen MR) is 121 cm³/mol. The molecule has 0 bridgehead atoms. The summed E-state index contributed by atoms with van der Waals surface area (Å²) in [5.41, 5.74) is 16.1. The predicted octanol–water partition coefficient (Wildman–Crippen LogP) is 1.67. The van der Waals surface area contributed by atoms with E-state index in [2.05, 4.69) is 31.1 Å². The number of carbonyl (C=O) groups excluding carboxylic acids is 1. The number of nitrogens with zero attached hydrogens (tertiary/aromatic N) is 3. The number of primary amides is 1. The molecule has 8 N–H and O–H groups in total. The summed E-state index contributed by atoms with van der Waals surface area (Å²) in [5.74, 6) is -0.0277. The van der Waals surface area contributed by atoms with E-state index in [1.165, 1.54) is 12.4 Å². The molecule has 1 fully saturated rings. The van der Waals surface area contributed by atoms with Crippen LogP contribution in [0.25, 0.3) is 0 Å². The number of ether oxygens (including phenoxy) is 1. The number of methoxy groups -OCH3 is 1. The number of nitrogens with one attached hydrogen (secondary N) is 4. The van der Waals surface area contributed by atoms with Gasteiger partial charge in [0, 0.05) is 31.3 Å². The molecule has 1 aromatic carbocycles. The number of amides is 1. The van der Waals surface area contributed by atoms with Crippen molar-refractivity contribution in [3.63, 3.8) is 0 Å². The van der Waals surface area contributed by atoms with E-state index < -0.39 is 5.91 Å². The van der Waals surface area contributed by atoms with E-state index in [0.717, 1.165) is 25.5 Å². The molecular formula is C20H27N9O2. The number of hydrogen-bond donors (Lipinski definition) is 6. The van der Waals surface area contributed by atoms with Crippen LogP contribution in [0.15, 0.2) is 35.6 Å². The summed E-state index contributed by atoms with van der Waals surface area (Å²) < 4.78 is 5.46. The van der Waals surface area contributed by atoms with Gasteiger partial charge in [-0.2, -0.15) is 10.1 Å². The van der Waals surface area contributed by atoms with Gasteiger partial charge >= 0.3 is 0 Å². The fraction of sp³-hybridized carbons (Fsp3) is 0.350. The number of benzene rings is 1. The molecule has 0 spiro atoms. The second kappa shape index (κ2) is 10.5. The van der Waals surface area contributed by atoms with Crippen LogP contribution in [0.3, 0.4) is 0 Å². The van der Waals surface area contributed by atoms with Crippen molar-refractivity contribution in [1.82, 2.24) is 9.97 Å². The van der Waals surface area contributed by atoms with Crippen LogP contribution < -0.4 is 27.5 Å². The van der Waals surface area contributed by atoms with Crippen LogP contribution in [-0.2, 0) is 4.74 Å². The number of hydrazone groups is 1. The van der Waals surface area contributed by atoms with E-state index in [-0.39, 0.29) is 29.6 Å². The largest absolute Gasteiger partial charge is 0.380 e. The fourth-order valence-corrected chi connectivity index (χ4v) is 3.47. The molecule has 11 heteroatoms. The standard InChI is InChI=1S/C20H27N9O2/c1-31-16-7-3-6-15(17(16)22)27-20-24-11-14(18(23)30)19(28-20)26-12-4-2-5-13(10-12)29-25-9-8-21/h2,4-5,8-11,15-17,21,29H,3,6-7,22H2,1H3,(H2,23,30)(H2,24,26,27,28)/b21-8?,25-9-/t15-,16?,17-/m1/s1. The van der Waals surface area contributed by atoms with Crippen LogP contribution >= 0.6 is 0 Å². The van der Waals surface area contributed by atoms with Crippen molar-refractivity contribution in [1.29, 1.82) is 5.41 Å². The number of rotatable bonds is 9. The van der Waals surface area contributed by atoms with Crippen molar-refractivity contribution >= 4 is 41.5 Å². The second-order valence-corrected chi connectivity index (χ2v) is 7.12. The van der Waals surface area contributed by atoms with Gasteiger partial charge in [-0.05, 0) is 37.5 Å². The zero-order valence-electron chi connectivity index (χ0n) is 17.2. The first kappa shape index (κ1) is 22.1. The zero-order valence-corrected chi connectivity index (χ0v) is 17.2. The molecule has 1 aliphatic carbocycles. The van der Waals surface area contributed by atoms with Gasteiger partial charge in [-0.15, -0.1) is 0 Å². The van der Waals surface area contributed by atoms with Crippen molar-refractivity contribution in [3.05, 3.63) is 36.0 Å². The van der Waals surface area contributed by atoms with Gasteiger partial charge in [-0.3, -0.25) is 10.2 Å². The highest BCUT2D eigenvalue weighted by atomic mass is 16.5. The van der Waals surface area contributed by atoms with Crippen LogP contribution in [0.2, 0.25) is 0 Å². The molecule has 164 valence electrons. The summed E-state index contributed by atoms with van der Waals surface area (Å²) in [6.07, 6.45) is 6.51. The third kappa shape index (κ3) is 5.74. The lowest BCUT2D eigenvalue weighted by molar-refractivity contribution is 0.0498. The highest BCUT2D eigenvalue weighted by molar-refractivity contribution is 6.14. The average molecular weight is 425 g/mol. The summed E-state index contributed by atoms with van der Waals surface area (Å²) >= 11 is 0. The summed E-state index contributed by atoms with van der Waals surface area (Å²) in [4.78, 5) is 20.6. The van der Waals surface area contributed by atoms with Crippen LogP contribution in [0.5, 0.6) is 0 Å². The summed E-state index contributed by atoms with van der Waals surface area (Å²) in [5, 5.41) is 17.2. The molecule has 1 saturated carbocycles. The lowest BCUT2D eigenvalue weighted by Gasteiger charge is -2.35. The lowest BCUT2D eigenvalue weighted by atomic mass is 9.88. The second-order valence-electron chi connectivity index (χ2n) is 7.12. The molecule has 1 amide bonds. The number of aromatic nitrogens is 2. The molecule has 1 heterocycles. The van der Waals surface area contributed by atoms with Crippen molar-refractivity contribution in [2.45, 2.75) is 37.5 Å². The van der Waals surface area contributed by atoms with Crippen LogP contribution in [0.1, 0.15) is 29.6 Å². The molecular weight excluding hydrogens is 398 g/mol. The molecule has 0 aliphatic heterocycles. The van der Waals surface area contributed by atoms with Gasteiger partial charge in [0.15, 0.2) is 0 Å². The van der Waals surface area contributed by atoms with Crippen LogP contribution in [0, 0.1) is 5.41 Å². The monoisotopic (exact) mass is 425 g/mol. The molecule has 1 unspecified atom stereocenters. The first-order chi connectivity index (χ1) is 15.0. The highest BCUT2D eigenvalue weighted by Crippen LogP contribution is 2.25. The van der Waals surface area contributed by atoms with Crippen molar-refractivity contribution in [2.24, 2.45) is 16.6 Å². The molecule has 1 aromatic heterocycles. The maximum atomic E-state index is 11.9. The Labute approximate surface area is 180 Å². The van der Waals surface area contributed by atoms with Crippen molar-refractivity contribution < 1.29 is 9.53 Å². The van der Waals surface area contributed by atoms with E-state index in [9.17, 15) is 4.79 Å². The molecule has 0 saturated heterocycles. The maximum absolute atomic E-state index is 11.9. The first-order valence-electron chi connectivity index (χ1n) is 9.88. The smallest absolute Gasteiger partial charge is 0.254 e. The molecule has 11 nitrogen and oxygen atoms in total. The molecule has 3 atom stereocenters. The SMILES string of the molecule is COC1CCC[C@@H](Nc2ncc(C(N)=O)c(Nc3cccc(N/N=C\C=N)c3)n2)[C@H]1N. The van der Waals surface area contributed by atoms with Gasteiger partial charge in [-0.25, -0.2) is 4.98 Å². The first-order valence-corrected chi connectivity index (χ1v) is 9.88. The van der Waals surface area contributed by atoms with Crippen LogP contribution in [0.4, 0.5) is 23.1 Å². The number of hydrogen-bond acceptors (Lipinski definition) is 10. The molecule has 1 aliphatic rings. The number of anilines is 4. The highest BCUT2D eigenvalue weighted by Gasteiger charge is 2.31. The lowest BCUT2D eigenvalue weighted by Crippen LogP contribution is -2.52. The van der Waals surface area contributed by atoms with Gasteiger partial charge in [0.25, 0.3) is 5.91 Å². The van der Waals surface area contributed by atoms with E-state index in [1.807, 2.05) is 12.1 Å². The Morgan fingerprint density at radius 3 is 2.90 bits per heavy atom. The molecule has 31 heavy (non-hydrogen) atoms. The van der Waals surface area contributed by atoms with Gasteiger partial charge in [-0.1, -0.05) is 6.07 Å². The van der Waals surface area contributed by atoms with E-state index in [4.69, 9.17) is 21.6 Å². The Morgan fingerprint density at radius 1 is 1.35 bits per heavy atom. The normalized spacial score (nSPS) is 20.9. The van der Waals surface area contributed by atoms with Gasteiger partial charge < -0.3 is 32.2 Å². The molecule has 3 rings (SSSR count). The summed E-state index contributed by atoms with van der Waals surface area (Å²) in [6.45, 7) is 0. The third-order valence-corrected chi connectivity index (χ3v) is 5.04. The third-order valence-electron chi connectivity index (χ3n) is 5.04. The Balaban J connectivity index is 1.81. The summed E-state index contributed by atoms with van der Waals surface area (Å²) in [7, 11) is 1.66. The van der Waals surface area contributed by atoms with E-state index in [0.29, 0.717) is 17.3 Å². The number of nitrogens with two attached hydrogens (primary N) is 2. The van der Waals surface area contributed by atoms with Crippen LogP contribution in [-0.4, -0.2) is 53.6 Å². The van der Waals surface area contributed by atoms with Gasteiger partial charge in [0.2, 0.25) is 5.95 Å².